The lowest BCUT2D eigenvalue weighted by Gasteiger charge is -2.31. The van der Waals surface area contributed by atoms with Crippen molar-refractivity contribution in [2.24, 2.45) is 0 Å². The van der Waals surface area contributed by atoms with Crippen molar-refractivity contribution in [3.63, 3.8) is 0 Å². The Kier molecular flexibility index (Phi) is 8.87. The van der Waals surface area contributed by atoms with Crippen LogP contribution >= 0.6 is 0 Å². The highest BCUT2D eigenvalue weighted by molar-refractivity contribution is 5.90. The molecule has 0 aliphatic carbocycles. The smallest absolute Gasteiger partial charge is 0.261 e. The molecule has 0 saturated carbocycles. The van der Waals surface area contributed by atoms with Crippen molar-refractivity contribution in [1.29, 1.82) is 0 Å². The van der Waals surface area contributed by atoms with E-state index in [1.54, 1.807) is 18.2 Å². The van der Waals surface area contributed by atoms with Gasteiger partial charge in [0, 0.05) is 30.5 Å². The van der Waals surface area contributed by atoms with Crippen LogP contribution < -0.4 is 10.1 Å². The minimum Gasteiger partial charge on any atom is -0.483 e. The Morgan fingerprint density at radius 3 is 2.38 bits per heavy atom. The zero-order chi connectivity index (χ0) is 26.0. The third kappa shape index (κ3) is 6.73. The number of carbonyl (C=O) groups excluding carboxylic acids is 2. The Morgan fingerprint density at radius 2 is 1.59 bits per heavy atom. The van der Waals surface area contributed by atoms with Crippen molar-refractivity contribution < 1.29 is 18.7 Å². The minimum atomic E-state index is -0.836. The van der Waals surface area contributed by atoms with Crippen LogP contribution in [-0.2, 0) is 22.6 Å². The van der Waals surface area contributed by atoms with Crippen LogP contribution in [0.3, 0.4) is 0 Å². The number of fused-ring (bicyclic) bond motifs is 1. The fourth-order valence-electron chi connectivity index (χ4n) is 4.27. The lowest BCUT2D eigenvalue weighted by atomic mass is 10.0. The van der Waals surface area contributed by atoms with E-state index in [0.29, 0.717) is 24.3 Å². The van der Waals surface area contributed by atoms with Gasteiger partial charge in [0.15, 0.2) is 6.61 Å². The summed E-state index contributed by atoms with van der Waals surface area (Å²) < 4.78 is 20.6. The van der Waals surface area contributed by atoms with Gasteiger partial charge in [-0.25, -0.2) is 4.39 Å². The second-order valence-corrected chi connectivity index (χ2v) is 8.88. The molecule has 1 unspecified atom stereocenters. The Hall–Kier alpha value is -4.19. The second-order valence-electron chi connectivity index (χ2n) is 8.88. The van der Waals surface area contributed by atoms with E-state index in [4.69, 9.17) is 4.74 Å². The predicted molar refractivity (Wildman–Crippen MR) is 144 cm³/mol. The van der Waals surface area contributed by atoms with Crippen molar-refractivity contribution in [1.82, 2.24) is 10.2 Å². The fraction of sp³-hybridized carbons (Fsp3) is 0.226. The number of hydrogen-bond acceptors (Lipinski definition) is 3. The SMILES string of the molecule is CCCNC(=O)C(Cc1ccccc1)N(Cc1ccccc1F)C(=O)COc1cccc2ccccc12. The van der Waals surface area contributed by atoms with Crippen LogP contribution in [0.5, 0.6) is 5.75 Å². The van der Waals surface area contributed by atoms with Gasteiger partial charge in [0.25, 0.3) is 5.91 Å². The van der Waals surface area contributed by atoms with E-state index in [2.05, 4.69) is 5.32 Å². The molecule has 0 radical (unpaired) electrons. The van der Waals surface area contributed by atoms with Crippen molar-refractivity contribution in [2.45, 2.75) is 32.4 Å². The topological polar surface area (TPSA) is 58.6 Å². The average Bonchev–Trinajstić information content (AvgIpc) is 2.93. The summed E-state index contributed by atoms with van der Waals surface area (Å²) in [7, 11) is 0. The summed E-state index contributed by atoms with van der Waals surface area (Å²) in [5.74, 6) is -0.528. The summed E-state index contributed by atoms with van der Waals surface area (Å²) in [6.45, 7) is 2.11. The van der Waals surface area contributed by atoms with Gasteiger partial charge >= 0.3 is 0 Å². The summed E-state index contributed by atoms with van der Waals surface area (Å²) >= 11 is 0. The predicted octanol–water partition coefficient (Wildman–Crippen LogP) is 5.52. The molecule has 0 saturated heterocycles. The summed E-state index contributed by atoms with van der Waals surface area (Å²) in [5.41, 5.74) is 1.24. The van der Waals surface area contributed by atoms with E-state index in [-0.39, 0.29) is 19.1 Å². The molecule has 0 aromatic heterocycles. The van der Waals surface area contributed by atoms with Gasteiger partial charge in [-0.2, -0.15) is 0 Å². The molecule has 0 aliphatic rings. The van der Waals surface area contributed by atoms with Crippen LogP contribution in [0.25, 0.3) is 10.8 Å². The first-order chi connectivity index (χ1) is 18.1. The first kappa shape index (κ1) is 25.9. The quantitative estimate of drug-likeness (QED) is 0.296. The zero-order valence-electron chi connectivity index (χ0n) is 20.9. The molecule has 37 heavy (non-hydrogen) atoms. The molecule has 190 valence electrons. The van der Waals surface area contributed by atoms with Crippen LogP contribution in [0.1, 0.15) is 24.5 Å². The maximum absolute atomic E-state index is 14.7. The van der Waals surface area contributed by atoms with Crippen LogP contribution in [0.15, 0.2) is 97.1 Å². The van der Waals surface area contributed by atoms with Gasteiger partial charge in [-0.3, -0.25) is 9.59 Å². The van der Waals surface area contributed by atoms with Gasteiger partial charge in [-0.05, 0) is 29.5 Å². The molecule has 0 bridgehead atoms. The van der Waals surface area contributed by atoms with Crippen molar-refractivity contribution in [2.75, 3.05) is 13.2 Å². The molecule has 5 nitrogen and oxygen atoms in total. The number of nitrogens with zero attached hydrogens (tertiary/aromatic N) is 1. The second kappa shape index (κ2) is 12.7. The molecular formula is C31H31FN2O3. The van der Waals surface area contributed by atoms with E-state index in [0.717, 1.165) is 22.8 Å². The molecule has 0 heterocycles. The standard InChI is InChI=1S/C31H31FN2O3/c1-2-19-33-31(36)28(20-23-11-4-3-5-12-23)34(21-25-14-7-9-17-27(25)32)30(35)22-37-29-18-10-15-24-13-6-8-16-26(24)29/h3-18,28H,2,19-22H2,1H3,(H,33,36). The highest BCUT2D eigenvalue weighted by Gasteiger charge is 2.31. The molecule has 0 spiro atoms. The maximum atomic E-state index is 14.7. The third-order valence-electron chi connectivity index (χ3n) is 6.22. The number of rotatable bonds is 11. The Labute approximate surface area is 216 Å². The molecule has 0 fully saturated rings. The van der Waals surface area contributed by atoms with Gasteiger partial charge < -0.3 is 15.0 Å². The monoisotopic (exact) mass is 498 g/mol. The summed E-state index contributed by atoms with van der Waals surface area (Å²) in [4.78, 5) is 28.4. The van der Waals surface area contributed by atoms with E-state index >= 15 is 0 Å². The summed E-state index contributed by atoms with van der Waals surface area (Å²) in [6.07, 6.45) is 1.06. The van der Waals surface area contributed by atoms with E-state index in [1.165, 1.54) is 11.0 Å². The average molecular weight is 499 g/mol. The Balaban J connectivity index is 1.64. The third-order valence-corrected chi connectivity index (χ3v) is 6.22. The number of amides is 2. The highest BCUT2D eigenvalue weighted by atomic mass is 19.1. The number of ether oxygens (including phenoxy) is 1. The van der Waals surface area contributed by atoms with E-state index in [9.17, 15) is 14.0 Å². The molecule has 1 N–H and O–H groups in total. The van der Waals surface area contributed by atoms with Gasteiger partial charge in [-0.15, -0.1) is 0 Å². The van der Waals surface area contributed by atoms with Crippen LogP contribution in [0, 0.1) is 5.82 Å². The van der Waals surface area contributed by atoms with Crippen molar-refractivity contribution >= 4 is 22.6 Å². The fourth-order valence-corrected chi connectivity index (χ4v) is 4.27. The normalized spacial score (nSPS) is 11.6. The number of halogens is 1. The zero-order valence-corrected chi connectivity index (χ0v) is 20.9. The maximum Gasteiger partial charge on any atom is 0.261 e. The van der Waals surface area contributed by atoms with Crippen molar-refractivity contribution in [3.8, 4) is 5.75 Å². The Morgan fingerprint density at radius 1 is 0.892 bits per heavy atom. The van der Waals surface area contributed by atoms with Gasteiger partial charge in [0.1, 0.15) is 17.6 Å². The van der Waals surface area contributed by atoms with Gasteiger partial charge in [0.05, 0.1) is 0 Å². The van der Waals surface area contributed by atoms with E-state index < -0.39 is 17.8 Å². The lowest BCUT2D eigenvalue weighted by Crippen LogP contribution is -2.52. The molecule has 4 aromatic carbocycles. The van der Waals surface area contributed by atoms with E-state index in [1.807, 2.05) is 79.7 Å². The Bertz CT molecular complexity index is 1340. The van der Waals surface area contributed by atoms with Crippen LogP contribution in [0.4, 0.5) is 4.39 Å². The van der Waals surface area contributed by atoms with Crippen LogP contribution in [-0.4, -0.2) is 35.9 Å². The highest BCUT2D eigenvalue weighted by Crippen LogP contribution is 2.25. The summed E-state index contributed by atoms with van der Waals surface area (Å²) in [6, 6.07) is 28.4. The number of carbonyl (C=O) groups is 2. The molecule has 6 heteroatoms. The minimum absolute atomic E-state index is 0.0541. The number of hydrogen-bond donors (Lipinski definition) is 1. The van der Waals surface area contributed by atoms with Gasteiger partial charge in [-0.1, -0.05) is 91.9 Å². The molecule has 4 aromatic rings. The van der Waals surface area contributed by atoms with Crippen molar-refractivity contribution in [3.05, 3.63) is 114 Å². The lowest BCUT2D eigenvalue weighted by molar-refractivity contribution is -0.142. The molecule has 1 atom stereocenters. The largest absolute Gasteiger partial charge is 0.483 e. The molecule has 0 aliphatic heterocycles. The number of benzene rings is 4. The number of nitrogens with one attached hydrogen (secondary N) is 1. The molecular weight excluding hydrogens is 467 g/mol. The molecule has 2 amide bonds. The van der Waals surface area contributed by atoms with Gasteiger partial charge in [0.2, 0.25) is 5.91 Å². The first-order valence-electron chi connectivity index (χ1n) is 12.5. The van der Waals surface area contributed by atoms with Crippen LogP contribution in [0.2, 0.25) is 0 Å². The molecule has 4 rings (SSSR count). The first-order valence-corrected chi connectivity index (χ1v) is 12.5. The summed E-state index contributed by atoms with van der Waals surface area (Å²) in [5, 5.41) is 4.80.